The van der Waals surface area contributed by atoms with Crippen LogP contribution in [0.25, 0.3) is 0 Å². The molecule has 2 aromatic rings. The van der Waals surface area contributed by atoms with Crippen molar-refractivity contribution in [2.75, 3.05) is 21.3 Å². The lowest BCUT2D eigenvalue weighted by atomic mass is 10.0. The molecule has 0 atom stereocenters. The van der Waals surface area contributed by atoms with Gasteiger partial charge in [-0.1, -0.05) is 30.3 Å². The van der Waals surface area contributed by atoms with E-state index in [1.165, 1.54) is 14.2 Å². The van der Waals surface area contributed by atoms with Gasteiger partial charge in [0.25, 0.3) is 0 Å². The summed E-state index contributed by atoms with van der Waals surface area (Å²) < 4.78 is 15.9. The van der Waals surface area contributed by atoms with Gasteiger partial charge in [-0.2, -0.15) is 0 Å². The van der Waals surface area contributed by atoms with E-state index in [-0.39, 0.29) is 5.78 Å². The molecule has 0 bridgehead atoms. The van der Waals surface area contributed by atoms with Gasteiger partial charge in [-0.3, -0.25) is 4.79 Å². The molecule has 0 fully saturated rings. The molecule has 0 aromatic heterocycles. The van der Waals surface area contributed by atoms with Crippen LogP contribution >= 0.6 is 0 Å². The lowest BCUT2D eigenvalue weighted by Crippen LogP contribution is -2.07. The third kappa shape index (κ3) is 3.16. The molecule has 21 heavy (non-hydrogen) atoms. The van der Waals surface area contributed by atoms with Crippen LogP contribution in [0.4, 0.5) is 0 Å². The maximum atomic E-state index is 12.5. The van der Waals surface area contributed by atoms with Crippen LogP contribution in [0.15, 0.2) is 42.5 Å². The molecule has 4 heteroatoms. The van der Waals surface area contributed by atoms with Crippen LogP contribution < -0.4 is 14.2 Å². The molecule has 4 nitrogen and oxygen atoms in total. The van der Waals surface area contributed by atoms with Gasteiger partial charge >= 0.3 is 0 Å². The highest BCUT2D eigenvalue weighted by molar-refractivity contribution is 6.01. The smallest absolute Gasteiger partial charge is 0.204 e. The number of methoxy groups -OCH3 is 3. The fourth-order valence-electron chi connectivity index (χ4n) is 2.20. The van der Waals surface area contributed by atoms with Crippen LogP contribution in [0.3, 0.4) is 0 Å². The number of ether oxygens (including phenoxy) is 3. The fourth-order valence-corrected chi connectivity index (χ4v) is 2.20. The molecule has 0 saturated carbocycles. The van der Waals surface area contributed by atoms with Crippen molar-refractivity contribution >= 4 is 5.78 Å². The maximum Gasteiger partial charge on any atom is 0.204 e. The first-order chi connectivity index (χ1) is 10.2. The summed E-state index contributed by atoms with van der Waals surface area (Å²) in [6, 6.07) is 13.0. The normalized spacial score (nSPS) is 10.0. The average Bonchev–Trinajstić information content (AvgIpc) is 2.53. The van der Waals surface area contributed by atoms with Gasteiger partial charge < -0.3 is 14.2 Å². The zero-order chi connectivity index (χ0) is 15.2. The van der Waals surface area contributed by atoms with Gasteiger partial charge in [0.05, 0.1) is 26.9 Å². The molecule has 0 aliphatic rings. The minimum Gasteiger partial charge on any atom is -0.493 e. The Kier molecular flexibility index (Phi) is 4.82. The second kappa shape index (κ2) is 6.79. The zero-order valence-electron chi connectivity index (χ0n) is 12.4. The predicted molar refractivity (Wildman–Crippen MR) is 80.6 cm³/mol. The second-order valence-electron chi connectivity index (χ2n) is 4.47. The van der Waals surface area contributed by atoms with E-state index in [0.29, 0.717) is 29.2 Å². The number of benzene rings is 2. The Morgan fingerprint density at radius 3 is 2.10 bits per heavy atom. The van der Waals surface area contributed by atoms with Gasteiger partial charge in [-0.15, -0.1) is 0 Å². The van der Waals surface area contributed by atoms with Crippen molar-refractivity contribution < 1.29 is 19.0 Å². The number of carbonyl (C=O) groups excluding carboxylic acids is 1. The van der Waals surface area contributed by atoms with E-state index in [2.05, 4.69) is 0 Å². The average molecular weight is 286 g/mol. The summed E-state index contributed by atoms with van der Waals surface area (Å²) in [6.45, 7) is 0. The Morgan fingerprint density at radius 2 is 1.52 bits per heavy atom. The van der Waals surface area contributed by atoms with Gasteiger partial charge in [0.15, 0.2) is 17.3 Å². The molecule has 0 radical (unpaired) electrons. The molecule has 0 heterocycles. The number of hydrogen-bond donors (Lipinski definition) is 0. The van der Waals surface area contributed by atoms with Crippen molar-refractivity contribution in [1.82, 2.24) is 0 Å². The van der Waals surface area contributed by atoms with Crippen molar-refractivity contribution in [2.24, 2.45) is 0 Å². The van der Waals surface area contributed by atoms with Gasteiger partial charge in [0.1, 0.15) is 0 Å². The van der Waals surface area contributed by atoms with Crippen LogP contribution in [-0.4, -0.2) is 27.1 Å². The molecule has 0 aliphatic carbocycles. The molecule has 2 rings (SSSR count). The SMILES string of the molecule is COc1ccc(C(=O)Cc2ccccc2)c(OC)c1OC. The third-order valence-corrected chi connectivity index (χ3v) is 3.21. The molecular weight excluding hydrogens is 268 g/mol. The quantitative estimate of drug-likeness (QED) is 0.765. The van der Waals surface area contributed by atoms with Crippen LogP contribution in [0.2, 0.25) is 0 Å². The fraction of sp³-hybridized carbons (Fsp3) is 0.235. The number of ketones is 1. The van der Waals surface area contributed by atoms with Crippen LogP contribution in [-0.2, 0) is 6.42 Å². The summed E-state index contributed by atoms with van der Waals surface area (Å²) in [5.74, 6) is 1.33. The van der Waals surface area contributed by atoms with Crippen molar-refractivity contribution in [3.63, 3.8) is 0 Å². The molecule has 110 valence electrons. The summed E-state index contributed by atoms with van der Waals surface area (Å²) in [7, 11) is 4.57. The summed E-state index contributed by atoms with van der Waals surface area (Å²) >= 11 is 0. The number of rotatable bonds is 6. The lowest BCUT2D eigenvalue weighted by molar-refractivity contribution is 0.0989. The Hall–Kier alpha value is -2.49. The number of hydrogen-bond acceptors (Lipinski definition) is 4. The largest absolute Gasteiger partial charge is 0.493 e. The van der Waals surface area contributed by atoms with E-state index >= 15 is 0 Å². The van der Waals surface area contributed by atoms with Crippen molar-refractivity contribution in [3.8, 4) is 17.2 Å². The Bertz CT molecular complexity index is 620. The van der Waals surface area contributed by atoms with Gasteiger partial charge in [0, 0.05) is 6.42 Å². The summed E-state index contributed by atoms with van der Waals surface area (Å²) in [4.78, 5) is 12.5. The minimum absolute atomic E-state index is 0.0287. The van der Waals surface area contributed by atoms with Gasteiger partial charge in [0.2, 0.25) is 5.75 Å². The number of Topliss-reactive ketones (excluding diaryl/α,β-unsaturated/α-hetero) is 1. The molecule has 0 aliphatic heterocycles. The first-order valence-corrected chi connectivity index (χ1v) is 6.57. The van der Waals surface area contributed by atoms with Gasteiger partial charge in [-0.05, 0) is 17.7 Å². The number of carbonyl (C=O) groups is 1. The standard InChI is InChI=1S/C17H18O4/c1-19-15-10-9-13(16(20-2)17(15)21-3)14(18)11-12-7-5-4-6-8-12/h4-10H,11H2,1-3H3. The monoisotopic (exact) mass is 286 g/mol. The zero-order valence-corrected chi connectivity index (χ0v) is 12.4. The topological polar surface area (TPSA) is 44.8 Å². The Morgan fingerprint density at radius 1 is 0.857 bits per heavy atom. The first kappa shape index (κ1) is 14.9. The van der Waals surface area contributed by atoms with Crippen molar-refractivity contribution in [1.29, 1.82) is 0 Å². The highest BCUT2D eigenvalue weighted by Gasteiger charge is 2.20. The van der Waals surface area contributed by atoms with Crippen LogP contribution in [0.1, 0.15) is 15.9 Å². The van der Waals surface area contributed by atoms with E-state index in [0.717, 1.165) is 5.56 Å². The molecule has 0 saturated heterocycles. The second-order valence-corrected chi connectivity index (χ2v) is 4.47. The van der Waals surface area contributed by atoms with Gasteiger partial charge in [-0.25, -0.2) is 0 Å². The molecule has 2 aromatic carbocycles. The van der Waals surface area contributed by atoms with Crippen molar-refractivity contribution in [3.05, 3.63) is 53.6 Å². The molecule has 0 amide bonds. The Labute approximate surface area is 124 Å². The molecule has 0 N–H and O–H groups in total. The van der Waals surface area contributed by atoms with E-state index in [1.54, 1.807) is 19.2 Å². The Balaban J connectivity index is 2.37. The first-order valence-electron chi connectivity index (χ1n) is 6.57. The van der Waals surface area contributed by atoms with E-state index < -0.39 is 0 Å². The van der Waals surface area contributed by atoms with Crippen LogP contribution in [0.5, 0.6) is 17.2 Å². The lowest BCUT2D eigenvalue weighted by Gasteiger charge is -2.15. The highest BCUT2D eigenvalue weighted by Crippen LogP contribution is 2.40. The van der Waals surface area contributed by atoms with Crippen LogP contribution in [0, 0.1) is 0 Å². The van der Waals surface area contributed by atoms with E-state index in [1.807, 2.05) is 30.3 Å². The summed E-state index contributed by atoms with van der Waals surface area (Å²) in [6.07, 6.45) is 0.312. The minimum atomic E-state index is -0.0287. The maximum absolute atomic E-state index is 12.5. The van der Waals surface area contributed by atoms with Crippen molar-refractivity contribution in [2.45, 2.75) is 6.42 Å². The molecule has 0 unspecified atom stereocenters. The predicted octanol–water partition coefficient (Wildman–Crippen LogP) is 3.14. The summed E-state index contributed by atoms with van der Waals surface area (Å²) in [5, 5.41) is 0. The molecule has 0 spiro atoms. The van der Waals surface area contributed by atoms with E-state index in [9.17, 15) is 4.79 Å². The third-order valence-electron chi connectivity index (χ3n) is 3.21. The molecular formula is C17H18O4. The van der Waals surface area contributed by atoms with E-state index in [4.69, 9.17) is 14.2 Å². The summed E-state index contributed by atoms with van der Waals surface area (Å²) in [5.41, 5.74) is 1.44. The highest BCUT2D eigenvalue weighted by atomic mass is 16.5.